The van der Waals surface area contributed by atoms with E-state index in [1.807, 2.05) is 24.5 Å². The smallest absolute Gasteiger partial charge is 0.270 e. The molecule has 8 heteroatoms. The fourth-order valence-corrected chi connectivity index (χ4v) is 3.85. The maximum Gasteiger partial charge on any atom is 0.270 e. The number of aromatic hydroxyl groups is 1. The van der Waals surface area contributed by atoms with Gasteiger partial charge < -0.3 is 9.67 Å². The molecule has 6 nitrogen and oxygen atoms in total. The van der Waals surface area contributed by atoms with Crippen LogP contribution in [-0.2, 0) is 9.59 Å². The summed E-state index contributed by atoms with van der Waals surface area (Å²) in [4.78, 5) is 26.8. The Morgan fingerprint density at radius 3 is 2.26 bits per heavy atom. The van der Waals surface area contributed by atoms with Gasteiger partial charge in [0.05, 0.1) is 5.69 Å². The molecule has 1 aliphatic rings. The van der Waals surface area contributed by atoms with Gasteiger partial charge in [-0.2, -0.15) is 0 Å². The Kier molecular flexibility index (Phi) is 5.16. The molecule has 0 bridgehead atoms. The molecular weight excluding hydrogens is 417 g/mol. The van der Waals surface area contributed by atoms with E-state index in [2.05, 4.69) is 5.32 Å². The number of phenolic OH excluding ortho intramolecular Hbond substituents is 1. The SMILES string of the molecule is Cc1cc(C=C2C(=O)NC(=S)N(c3ccc(F)cc3)C2=O)c(C)n1-c1ccc(O)cc1. The molecule has 4 rings (SSSR count). The van der Waals surface area contributed by atoms with Crippen LogP contribution in [-0.4, -0.2) is 26.6 Å². The summed E-state index contributed by atoms with van der Waals surface area (Å²) in [5.41, 5.74) is 3.52. The summed E-state index contributed by atoms with van der Waals surface area (Å²) in [5.74, 6) is -1.46. The normalized spacial score (nSPS) is 15.5. The quantitative estimate of drug-likeness (QED) is 0.373. The molecular formula is C23H18FN3O3S. The van der Waals surface area contributed by atoms with Crippen LogP contribution in [0.3, 0.4) is 0 Å². The van der Waals surface area contributed by atoms with Crippen molar-refractivity contribution in [3.05, 3.63) is 82.9 Å². The number of hydrogen-bond donors (Lipinski definition) is 2. The highest BCUT2D eigenvalue weighted by molar-refractivity contribution is 7.80. The van der Waals surface area contributed by atoms with Crippen molar-refractivity contribution in [2.45, 2.75) is 13.8 Å². The third-order valence-corrected chi connectivity index (χ3v) is 5.35. The maximum absolute atomic E-state index is 13.3. The van der Waals surface area contributed by atoms with Gasteiger partial charge in [0.25, 0.3) is 11.8 Å². The number of hydrogen-bond acceptors (Lipinski definition) is 4. The lowest BCUT2D eigenvalue weighted by molar-refractivity contribution is -0.122. The number of thiocarbonyl (C=S) groups is 1. The van der Waals surface area contributed by atoms with Gasteiger partial charge in [0, 0.05) is 17.1 Å². The second-order valence-corrected chi connectivity index (χ2v) is 7.50. The van der Waals surface area contributed by atoms with E-state index < -0.39 is 17.6 Å². The summed E-state index contributed by atoms with van der Waals surface area (Å²) in [5, 5.41) is 12.0. The minimum Gasteiger partial charge on any atom is -0.508 e. The van der Waals surface area contributed by atoms with Gasteiger partial charge >= 0.3 is 0 Å². The zero-order valence-electron chi connectivity index (χ0n) is 16.7. The van der Waals surface area contributed by atoms with Gasteiger partial charge in [-0.1, -0.05) is 0 Å². The molecule has 31 heavy (non-hydrogen) atoms. The van der Waals surface area contributed by atoms with E-state index in [9.17, 15) is 19.1 Å². The van der Waals surface area contributed by atoms with Crippen molar-refractivity contribution in [3.63, 3.8) is 0 Å². The predicted octanol–water partition coefficient (Wildman–Crippen LogP) is 3.77. The third-order valence-electron chi connectivity index (χ3n) is 5.06. The zero-order chi connectivity index (χ0) is 22.3. The molecule has 2 heterocycles. The number of nitrogens with one attached hydrogen (secondary N) is 1. The van der Waals surface area contributed by atoms with Crippen molar-refractivity contribution in [1.29, 1.82) is 0 Å². The molecule has 2 amide bonds. The van der Waals surface area contributed by atoms with Crippen LogP contribution in [0.25, 0.3) is 11.8 Å². The fourth-order valence-electron chi connectivity index (χ4n) is 3.57. The van der Waals surface area contributed by atoms with Gasteiger partial charge in [-0.25, -0.2) is 4.39 Å². The lowest BCUT2D eigenvalue weighted by Crippen LogP contribution is -2.54. The Balaban J connectivity index is 1.75. The number of amides is 2. The summed E-state index contributed by atoms with van der Waals surface area (Å²) in [6, 6.07) is 13.9. The number of benzene rings is 2. The summed E-state index contributed by atoms with van der Waals surface area (Å²) in [6.07, 6.45) is 1.52. The van der Waals surface area contributed by atoms with Crippen LogP contribution in [0.2, 0.25) is 0 Å². The van der Waals surface area contributed by atoms with E-state index in [1.165, 1.54) is 35.2 Å². The standard InChI is InChI=1S/C23H18FN3O3S/c1-13-11-15(14(2)26(13)17-7-9-19(28)10-8-17)12-20-21(29)25-23(31)27(22(20)30)18-5-3-16(24)4-6-18/h3-12,28H,1-2H3,(H,25,29,31). The summed E-state index contributed by atoms with van der Waals surface area (Å²) < 4.78 is 15.2. The number of phenols is 1. The predicted molar refractivity (Wildman–Crippen MR) is 120 cm³/mol. The van der Waals surface area contributed by atoms with Crippen LogP contribution in [0.15, 0.2) is 60.2 Å². The monoisotopic (exact) mass is 435 g/mol. The number of nitrogens with zero attached hydrogens (tertiary/aromatic N) is 2. The molecule has 1 saturated heterocycles. The van der Waals surface area contributed by atoms with Crippen LogP contribution in [0.5, 0.6) is 5.75 Å². The van der Waals surface area contributed by atoms with Gasteiger partial charge in [0.2, 0.25) is 0 Å². The van der Waals surface area contributed by atoms with Gasteiger partial charge in [-0.05, 0) is 92.3 Å². The van der Waals surface area contributed by atoms with Crippen LogP contribution in [0.1, 0.15) is 17.0 Å². The molecule has 0 saturated carbocycles. The number of aryl methyl sites for hydroxylation is 1. The Bertz CT molecular complexity index is 1240. The van der Waals surface area contributed by atoms with Crippen LogP contribution >= 0.6 is 12.2 Å². The molecule has 0 atom stereocenters. The van der Waals surface area contributed by atoms with Crippen LogP contribution in [0.4, 0.5) is 10.1 Å². The molecule has 1 fully saturated rings. The maximum atomic E-state index is 13.3. The largest absolute Gasteiger partial charge is 0.508 e. The van der Waals surface area contributed by atoms with E-state index in [-0.39, 0.29) is 16.4 Å². The number of carbonyl (C=O) groups is 2. The molecule has 0 spiro atoms. The number of anilines is 1. The fraction of sp³-hybridized carbons (Fsp3) is 0.0870. The Labute approximate surface area is 183 Å². The Hall–Kier alpha value is -3.78. The summed E-state index contributed by atoms with van der Waals surface area (Å²) in [7, 11) is 0. The second-order valence-electron chi connectivity index (χ2n) is 7.11. The topological polar surface area (TPSA) is 74.6 Å². The highest BCUT2D eigenvalue weighted by Crippen LogP contribution is 2.26. The molecule has 0 aliphatic carbocycles. The summed E-state index contributed by atoms with van der Waals surface area (Å²) in [6.45, 7) is 3.78. The number of aromatic nitrogens is 1. The van der Waals surface area contributed by atoms with Crippen molar-refractivity contribution in [1.82, 2.24) is 9.88 Å². The highest BCUT2D eigenvalue weighted by atomic mass is 32.1. The molecule has 3 aromatic rings. The minimum atomic E-state index is -0.595. The summed E-state index contributed by atoms with van der Waals surface area (Å²) >= 11 is 5.17. The molecule has 2 aromatic carbocycles. The first-order chi connectivity index (χ1) is 14.8. The first-order valence-corrected chi connectivity index (χ1v) is 9.82. The van der Waals surface area contributed by atoms with Crippen LogP contribution < -0.4 is 10.2 Å². The molecule has 0 unspecified atom stereocenters. The highest BCUT2D eigenvalue weighted by Gasteiger charge is 2.34. The zero-order valence-corrected chi connectivity index (χ0v) is 17.5. The van der Waals surface area contributed by atoms with Crippen molar-refractivity contribution >= 4 is 40.9 Å². The number of halogens is 1. The Morgan fingerprint density at radius 1 is 1.00 bits per heavy atom. The van der Waals surface area contributed by atoms with E-state index in [0.717, 1.165) is 17.1 Å². The molecule has 1 aromatic heterocycles. The van der Waals surface area contributed by atoms with Crippen molar-refractivity contribution in [3.8, 4) is 11.4 Å². The molecule has 2 N–H and O–H groups in total. The average molecular weight is 435 g/mol. The van der Waals surface area contributed by atoms with E-state index in [4.69, 9.17) is 12.2 Å². The lowest BCUT2D eigenvalue weighted by atomic mass is 10.1. The van der Waals surface area contributed by atoms with E-state index in [1.54, 1.807) is 24.3 Å². The van der Waals surface area contributed by atoms with Gasteiger partial charge in [-0.15, -0.1) is 0 Å². The first-order valence-electron chi connectivity index (χ1n) is 9.41. The molecule has 156 valence electrons. The van der Waals surface area contributed by atoms with Gasteiger partial charge in [0.1, 0.15) is 17.1 Å². The Morgan fingerprint density at radius 2 is 1.61 bits per heavy atom. The third kappa shape index (κ3) is 3.73. The molecule has 0 radical (unpaired) electrons. The van der Waals surface area contributed by atoms with Gasteiger partial charge in [-0.3, -0.25) is 19.8 Å². The average Bonchev–Trinajstić information content (AvgIpc) is 3.00. The van der Waals surface area contributed by atoms with Crippen LogP contribution in [0, 0.1) is 19.7 Å². The lowest BCUT2D eigenvalue weighted by Gasteiger charge is -2.28. The van der Waals surface area contributed by atoms with E-state index >= 15 is 0 Å². The second kappa shape index (κ2) is 7.81. The van der Waals surface area contributed by atoms with Crippen molar-refractivity contribution < 1.29 is 19.1 Å². The molecule has 1 aliphatic heterocycles. The number of rotatable bonds is 3. The first kappa shape index (κ1) is 20.5. The number of carbonyl (C=O) groups excluding carboxylic acids is 2. The minimum absolute atomic E-state index is 0.0617. The van der Waals surface area contributed by atoms with E-state index in [0.29, 0.717) is 11.3 Å². The van der Waals surface area contributed by atoms with Gasteiger partial charge in [0.15, 0.2) is 5.11 Å². The van der Waals surface area contributed by atoms with Crippen molar-refractivity contribution in [2.75, 3.05) is 4.90 Å². The van der Waals surface area contributed by atoms with Crippen molar-refractivity contribution in [2.24, 2.45) is 0 Å².